The smallest absolute Gasteiger partial charge is 0.366 e. The molecule has 1 N–H and O–H groups in total. The highest BCUT2D eigenvalue weighted by Gasteiger charge is 2.61. The first kappa shape index (κ1) is 42.7. The van der Waals surface area contributed by atoms with Gasteiger partial charge in [0.15, 0.2) is 24.4 Å². The molecule has 3 aliphatic rings. The van der Waals surface area contributed by atoms with Crippen molar-refractivity contribution in [1.29, 1.82) is 0 Å². The topological polar surface area (TPSA) is 232 Å². The summed E-state index contributed by atoms with van der Waals surface area (Å²) >= 11 is 0. The minimum Gasteiger partial charge on any atom is -0.465 e. The van der Waals surface area contributed by atoms with Crippen LogP contribution in [0.1, 0.15) is 61.3 Å². The van der Waals surface area contributed by atoms with Gasteiger partial charge in [-0.15, -0.1) is 0 Å². The molecule has 11 atom stereocenters. The van der Waals surface area contributed by atoms with Crippen molar-refractivity contribution >= 4 is 41.8 Å². The number of aliphatic hydroxyl groups is 1. The lowest BCUT2D eigenvalue weighted by molar-refractivity contribution is -0.327. The predicted molar refractivity (Wildman–Crippen MR) is 188 cm³/mol. The van der Waals surface area contributed by atoms with Crippen molar-refractivity contribution in [3.8, 4) is 0 Å². The van der Waals surface area contributed by atoms with Crippen LogP contribution in [0.4, 0.5) is 0 Å². The largest absolute Gasteiger partial charge is 0.465 e. The average molecular weight is 801 g/mol. The summed E-state index contributed by atoms with van der Waals surface area (Å²) in [7, 11) is 1.03. The molecular weight excluding hydrogens is 756 g/mol. The monoisotopic (exact) mass is 800 g/mol. The molecule has 0 spiro atoms. The molecule has 0 bridgehead atoms. The molecule has 2 aromatic carbocycles. The van der Waals surface area contributed by atoms with Crippen LogP contribution in [0.2, 0.25) is 0 Å². The number of methoxy groups -OCH3 is 1. The van der Waals surface area contributed by atoms with Gasteiger partial charge in [0, 0.05) is 26.7 Å². The summed E-state index contributed by atoms with van der Waals surface area (Å²) in [5.41, 5.74) is 0.323. The number of fused-ring (bicyclic) bond motifs is 1. The van der Waals surface area contributed by atoms with Gasteiger partial charge >= 0.3 is 41.8 Å². The number of benzene rings is 2. The maximum Gasteiger partial charge on any atom is 0.366 e. The Bertz CT molecular complexity index is 1780. The quantitative estimate of drug-likeness (QED) is 0.211. The van der Waals surface area contributed by atoms with Gasteiger partial charge in [0.25, 0.3) is 5.79 Å². The highest BCUT2D eigenvalue weighted by Crippen LogP contribution is 2.44. The summed E-state index contributed by atoms with van der Waals surface area (Å²) in [6, 6.07) is 15.9. The van der Waals surface area contributed by atoms with E-state index in [4.69, 9.17) is 47.4 Å². The standard InChI is InChI=1S/C39H44O18/c1-20-32(55-36(45)24-12-8-6-9-13-24)35(56-37(46)25-14-10-7-11-15-25)31(44)28(51-20)19-50-39(38(47)48-5)17-27-26(16-30(43)54-27)33(57-39)34(53-23(4)42)29(52-22(3)41)18-49-21(2)40/h6-15,20,26-29,31-35,44H,16-19H2,1-5H3. The van der Waals surface area contributed by atoms with Crippen LogP contribution in [0.5, 0.6) is 0 Å². The average Bonchev–Trinajstić information content (AvgIpc) is 3.56. The van der Waals surface area contributed by atoms with Crippen molar-refractivity contribution in [2.45, 2.75) is 101 Å². The lowest BCUT2D eigenvalue weighted by Gasteiger charge is -2.47. The fraction of sp³-hybridized carbons (Fsp3) is 0.513. The van der Waals surface area contributed by atoms with Gasteiger partial charge in [0.05, 0.1) is 43.8 Å². The minimum atomic E-state index is -2.45. The van der Waals surface area contributed by atoms with E-state index in [2.05, 4.69) is 0 Å². The number of hydrogen-bond donors (Lipinski definition) is 1. The summed E-state index contributed by atoms with van der Waals surface area (Å²) in [4.78, 5) is 89.3. The Labute approximate surface area is 326 Å². The first-order valence-electron chi connectivity index (χ1n) is 18.1. The summed E-state index contributed by atoms with van der Waals surface area (Å²) in [5.74, 6) is -9.31. The van der Waals surface area contributed by atoms with Crippen molar-refractivity contribution in [2.75, 3.05) is 20.3 Å². The van der Waals surface area contributed by atoms with Gasteiger partial charge in [-0.3, -0.25) is 19.2 Å². The SMILES string of the molecule is COC(=O)C1(OCC2OC(C)C(OC(=O)c3ccccc3)C(OC(=O)c3ccccc3)C2O)CC2OC(=O)CC2C(C(OC(C)=O)C(COC(C)=O)OC(C)=O)O1. The Balaban J connectivity index is 1.46. The van der Waals surface area contributed by atoms with Crippen LogP contribution in [-0.2, 0) is 71.3 Å². The van der Waals surface area contributed by atoms with Crippen LogP contribution in [0, 0.1) is 5.92 Å². The summed E-state index contributed by atoms with van der Waals surface area (Å²) in [6.07, 6.45) is -13.5. The molecule has 18 nitrogen and oxygen atoms in total. The molecule has 18 heteroatoms. The Hall–Kier alpha value is -5.43. The second-order valence-electron chi connectivity index (χ2n) is 13.6. The zero-order valence-electron chi connectivity index (χ0n) is 31.8. The molecule has 0 aromatic heterocycles. The fourth-order valence-corrected chi connectivity index (χ4v) is 6.97. The second kappa shape index (κ2) is 18.7. The number of hydrogen-bond acceptors (Lipinski definition) is 18. The number of rotatable bonds is 14. The van der Waals surface area contributed by atoms with Crippen LogP contribution in [0.3, 0.4) is 0 Å². The maximum atomic E-state index is 13.7. The van der Waals surface area contributed by atoms with E-state index in [1.165, 1.54) is 31.2 Å². The summed E-state index contributed by atoms with van der Waals surface area (Å²) in [5, 5.41) is 11.7. The highest BCUT2D eigenvalue weighted by molar-refractivity contribution is 5.90. The van der Waals surface area contributed by atoms with Crippen molar-refractivity contribution in [2.24, 2.45) is 5.92 Å². The van der Waals surface area contributed by atoms with E-state index >= 15 is 0 Å². The van der Waals surface area contributed by atoms with E-state index in [0.717, 1.165) is 27.9 Å². The van der Waals surface area contributed by atoms with Crippen LogP contribution >= 0.6 is 0 Å². The Kier molecular flexibility index (Phi) is 14.0. The van der Waals surface area contributed by atoms with Gasteiger partial charge in [-0.1, -0.05) is 36.4 Å². The van der Waals surface area contributed by atoms with E-state index < -0.39 is 128 Å². The molecule has 57 heavy (non-hydrogen) atoms. The third-order valence-electron chi connectivity index (χ3n) is 9.52. The number of ether oxygens (including phenoxy) is 10. The normalized spacial score (nSPS) is 29.0. The van der Waals surface area contributed by atoms with Crippen molar-refractivity contribution in [3.05, 3.63) is 71.8 Å². The predicted octanol–water partition coefficient (Wildman–Crippen LogP) is 1.62. The van der Waals surface area contributed by atoms with Crippen LogP contribution in [0.25, 0.3) is 0 Å². The van der Waals surface area contributed by atoms with Gasteiger partial charge in [0.2, 0.25) is 0 Å². The fourth-order valence-electron chi connectivity index (χ4n) is 6.97. The number of carbonyl (C=O) groups excluding carboxylic acids is 7. The number of aliphatic hydroxyl groups excluding tert-OH is 1. The number of carbonyl (C=O) groups is 7. The van der Waals surface area contributed by atoms with E-state index in [1.807, 2.05) is 0 Å². The van der Waals surface area contributed by atoms with E-state index in [-0.39, 0.29) is 17.5 Å². The van der Waals surface area contributed by atoms with Crippen molar-refractivity contribution < 1.29 is 86.0 Å². The molecule has 3 saturated heterocycles. The van der Waals surface area contributed by atoms with Crippen LogP contribution in [-0.4, -0.2) is 128 Å². The second-order valence-corrected chi connectivity index (χ2v) is 13.6. The first-order valence-corrected chi connectivity index (χ1v) is 18.1. The molecule has 11 unspecified atom stereocenters. The van der Waals surface area contributed by atoms with Gasteiger partial charge in [-0.2, -0.15) is 0 Å². The zero-order valence-corrected chi connectivity index (χ0v) is 31.8. The van der Waals surface area contributed by atoms with Crippen molar-refractivity contribution in [1.82, 2.24) is 0 Å². The van der Waals surface area contributed by atoms with E-state index in [0.29, 0.717) is 0 Å². The van der Waals surface area contributed by atoms with E-state index in [9.17, 15) is 38.7 Å². The molecule has 308 valence electrons. The molecule has 0 amide bonds. The van der Waals surface area contributed by atoms with Gasteiger partial charge in [-0.05, 0) is 31.2 Å². The minimum absolute atomic E-state index is 0.139. The van der Waals surface area contributed by atoms with Gasteiger partial charge in [0.1, 0.15) is 31.0 Å². The molecule has 5 rings (SSSR count). The molecular formula is C39H44O18. The molecule has 3 heterocycles. The van der Waals surface area contributed by atoms with Gasteiger partial charge < -0.3 is 52.5 Å². The molecule has 3 fully saturated rings. The zero-order chi connectivity index (χ0) is 41.4. The molecule has 2 aromatic rings. The summed E-state index contributed by atoms with van der Waals surface area (Å²) in [6.45, 7) is 3.45. The Morgan fingerprint density at radius 1 is 0.842 bits per heavy atom. The third kappa shape index (κ3) is 10.3. The molecule has 0 saturated carbocycles. The molecule has 0 radical (unpaired) electrons. The Morgan fingerprint density at radius 3 is 1.96 bits per heavy atom. The third-order valence-corrected chi connectivity index (χ3v) is 9.52. The first-order chi connectivity index (χ1) is 27.1. The Morgan fingerprint density at radius 2 is 1.42 bits per heavy atom. The van der Waals surface area contributed by atoms with Crippen molar-refractivity contribution in [3.63, 3.8) is 0 Å². The van der Waals surface area contributed by atoms with Gasteiger partial charge in [-0.25, -0.2) is 14.4 Å². The molecule has 3 aliphatic heterocycles. The van der Waals surface area contributed by atoms with E-state index in [1.54, 1.807) is 36.4 Å². The number of esters is 7. The van der Waals surface area contributed by atoms with Crippen LogP contribution < -0.4 is 0 Å². The maximum absolute atomic E-state index is 13.7. The highest BCUT2D eigenvalue weighted by atomic mass is 16.8. The summed E-state index contributed by atoms with van der Waals surface area (Å²) < 4.78 is 56.7. The molecule has 0 aliphatic carbocycles. The lowest BCUT2D eigenvalue weighted by atomic mass is 9.82. The van der Waals surface area contributed by atoms with Crippen LogP contribution in [0.15, 0.2) is 60.7 Å². The lowest BCUT2D eigenvalue weighted by Crippen LogP contribution is -2.64.